The number of aromatic nitrogens is 1. The summed E-state index contributed by atoms with van der Waals surface area (Å²) in [6.07, 6.45) is 1.13. The molecule has 0 spiro atoms. The number of rotatable bonds is 5. The average Bonchev–Trinajstić information content (AvgIpc) is 2.89. The Morgan fingerprint density at radius 2 is 1.90 bits per heavy atom. The van der Waals surface area contributed by atoms with Crippen LogP contribution < -0.4 is 10.6 Å². The number of anilines is 2. The minimum absolute atomic E-state index is 0.0510. The van der Waals surface area contributed by atoms with E-state index >= 15 is 0 Å². The highest BCUT2D eigenvalue weighted by molar-refractivity contribution is 7.91. The van der Waals surface area contributed by atoms with Gasteiger partial charge in [-0.1, -0.05) is 13.8 Å². The van der Waals surface area contributed by atoms with Crippen molar-refractivity contribution >= 4 is 32.2 Å². The van der Waals surface area contributed by atoms with Gasteiger partial charge in [-0.15, -0.1) is 0 Å². The molecule has 1 aromatic rings. The van der Waals surface area contributed by atoms with Gasteiger partial charge in [-0.2, -0.15) is 4.37 Å². The van der Waals surface area contributed by atoms with E-state index in [1.165, 1.54) is 11.5 Å². The fraction of sp³-hybridized carbons (Fsp3) is 0.769. The van der Waals surface area contributed by atoms with Gasteiger partial charge in [0.1, 0.15) is 9.90 Å². The Morgan fingerprint density at radius 3 is 2.43 bits per heavy atom. The molecule has 1 unspecified atom stereocenters. The molecule has 8 heteroatoms. The number of hydrogen-bond donors (Lipinski definition) is 1. The number of hydrogen-bond acceptors (Lipinski definition) is 7. The Bertz CT molecular complexity index is 577. The monoisotopic (exact) mass is 332 g/mol. The van der Waals surface area contributed by atoms with Crippen LogP contribution in [0.25, 0.3) is 0 Å². The molecule has 1 aromatic heterocycles. The molecule has 21 heavy (non-hydrogen) atoms. The van der Waals surface area contributed by atoms with Crippen molar-refractivity contribution in [1.82, 2.24) is 9.27 Å². The Morgan fingerprint density at radius 1 is 1.29 bits per heavy atom. The van der Waals surface area contributed by atoms with E-state index in [1.807, 2.05) is 0 Å². The first-order chi connectivity index (χ1) is 9.90. The average molecular weight is 332 g/mol. The predicted octanol–water partition coefficient (Wildman–Crippen LogP) is 1.44. The van der Waals surface area contributed by atoms with Crippen molar-refractivity contribution in [1.29, 1.82) is 0 Å². The molecule has 1 fully saturated rings. The van der Waals surface area contributed by atoms with Gasteiger partial charge in [0.15, 0.2) is 15.7 Å². The normalized spacial score (nSPS) is 18.9. The molecule has 2 rings (SSSR count). The van der Waals surface area contributed by atoms with E-state index < -0.39 is 9.84 Å². The van der Waals surface area contributed by atoms with Gasteiger partial charge in [-0.05, 0) is 24.9 Å². The van der Waals surface area contributed by atoms with E-state index in [-0.39, 0.29) is 16.5 Å². The third-order valence-corrected chi connectivity index (χ3v) is 7.00. The summed E-state index contributed by atoms with van der Waals surface area (Å²) in [5.41, 5.74) is 5.79. The highest BCUT2D eigenvalue weighted by Crippen LogP contribution is 2.35. The van der Waals surface area contributed by atoms with E-state index in [2.05, 4.69) is 28.0 Å². The van der Waals surface area contributed by atoms with Crippen molar-refractivity contribution in [3.8, 4) is 0 Å². The summed E-state index contributed by atoms with van der Waals surface area (Å²) in [7, 11) is -3.33. The van der Waals surface area contributed by atoms with Gasteiger partial charge in [0.05, 0.1) is 5.75 Å². The Hall–Kier alpha value is -0.860. The Balaban J connectivity index is 2.19. The van der Waals surface area contributed by atoms with Gasteiger partial charge in [0.2, 0.25) is 0 Å². The highest BCUT2D eigenvalue weighted by atomic mass is 32.2. The lowest BCUT2D eigenvalue weighted by molar-refractivity contribution is 0.193. The quantitative estimate of drug-likeness (QED) is 0.879. The van der Waals surface area contributed by atoms with Crippen LogP contribution >= 0.6 is 11.5 Å². The second kappa shape index (κ2) is 6.50. The molecule has 1 aliphatic rings. The molecule has 0 saturated carbocycles. The zero-order valence-corrected chi connectivity index (χ0v) is 14.5. The van der Waals surface area contributed by atoms with E-state index in [4.69, 9.17) is 5.73 Å². The van der Waals surface area contributed by atoms with Gasteiger partial charge in [0.25, 0.3) is 0 Å². The van der Waals surface area contributed by atoms with Gasteiger partial charge >= 0.3 is 0 Å². The van der Waals surface area contributed by atoms with Gasteiger partial charge in [0, 0.05) is 32.2 Å². The van der Waals surface area contributed by atoms with Gasteiger partial charge < -0.3 is 10.6 Å². The SMILES string of the molecule is CCC(C)N1CCN(c2snc(N)c2S(=O)(=O)CC)CC1. The first-order valence-electron chi connectivity index (χ1n) is 7.37. The van der Waals surface area contributed by atoms with E-state index in [0.717, 1.165) is 32.6 Å². The Kier molecular flexibility index (Phi) is 5.11. The zero-order valence-electron chi connectivity index (χ0n) is 12.9. The topological polar surface area (TPSA) is 79.5 Å². The minimum atomic E-state index is -3.33. The van der Waals surface area contributed by atoms with Crippen LogP contribution in [-0.2, 0) is 9.84 Å². The number of nitrogen functional groups attached to an aromatic ring is 1. The summed E-state index contributed by atoms with van der Waals surface area (Å²) in [6.45, 7) is 9.57. The maximum Gasteiger partial charge on any atom is 0.184 e. The van der Waals surface area contributed by atoms with Crippen LogP contribution in [0.3, 0.4) is 0 Å². The van der Waals surface area contributed by atoms with Crippen molar-refractivity contribution < 1.29 is 8.42 Å². The lowest BCUT2D eigenvalue weighted by Crippen LogP contribution is -2.49. The molecular weight excluding hydrogens is 308 g/mol. The summed E-state index contributed by atoms with van der Waals surface area (Å²) in [5.74, 6) is 0.191. The lowest BCUT2D eigenvalue weighted by Gasteiger charge is -2.38. The van der Waals surface area contributed by atoms with E-state index in [0.29, 0.717) is 11.0 Å². The fourth-order valence-corrected chi connectivity index (χ4v) is 4.91. The van der Waals surface area contributed by atoms with Crippen molar-refractivity contribution in [2.24, 2.45) is 0 Å². The second-order valence-corrected chi connectivity index (χ2v) is 8.35. The highest BCUT2D eigenvalue weighted by Gasteiger charge is 2.29. The van der Waals surface area contributed by atoms with Crippen LogP contribution in [0.1, 0.15) is 27.2 Å². The van der Waals surface area contributed by atoms with Crippen molar-refractivity contribution in [3.05, 3.63) is 0 Å². The fourth-order valence-electron chi connectivity index (χ4n) is 2.55. The van der Waals surface area contributed by atoms with Gasteiger partial charge in [-0.3, -0.25) is 4.90 Å². The third kappa shape index (κ3) is 3.32. The molecule has 0 bridgehead atoms. The summed E-state index contributed by atoms with van der Waals surface area (Å²) in [4.78, 5) is 4.77. The Labute approximate surface area is 131 Å². The molecule has 0 aromatic carbocycles. The maximum absolute atomic E-state index is 12.2. The molecule has 1 aliphatic heterocycles. The molecule has 1 atom stereocenters. The number of piperazine rings is 1. The number of nitrogens with two attached hydrogens (primary N) is 1. The van der Waals surface area contributed by atoms with Crippen LogP contribution in [0.2, 0.25) is 0 Å². The minimum Gasteiger partial charge on any atom is -0.382 e. The third-order valence-electron chi connectivity index (χ3n) is 4.16. The van der Waals surface area contributed by atoms with Crippen LogP contribution in [0.4, 0.5) is 10.8 Å². The molecule has 2 heterocycles. The lowest BCUT2D eigenvalue weighted by atomic mass is 10.2. The molecule has 0 amide bonds. The molecule has 120 valence electrons. The van der Waals surface area contributed by atoms with Crippen molar-refractivity contribution in [2.75, 3.05) is 42.6 Å². The predicted molar refractivity (Wildman–Crippen MR) is 87.8 cm³/mol. The summed E-state index contributed by atoms with van der Waals surface area (Å²) in [6, 6.07) is 0.567. The van der Waals surface area contributed by atoms with E-state index in [1.54, 1.807) is 6.92 Å². The summed E-state index contributed by atoms with van der Waals surface area (Å²) >= 11 is 1.19. The number of sulfone groups is 1. The molecule has 1 saturated heterocycles. The van der Waals surface area contributed by atoms with Crippen LogP contribution in [-0.4, -0.2) is 55.7 Å². The summed E-state index contributed by atoms with van der Waals surface area (Å²) in [5, 5.41) is 0.707. The van der Waals surface area contributed by atoms with Crippen LogP contribution in [0, 0.1) is 0 Å². The number of nitrogens with zero attached hydrogens (tertiary/aromatic N) is 3. The van der Waals surface area contributed by atoms with E-state index in [9.17, 15) is 8.42 Å². The van der Waals surface area contributed by atoms with Crippen LogP contribution in [0.15, 0.2) is 4.90 Å². The second-order valence-electron chi connectivity index (χ2n) is 5.39. The molecule has 0 aliphatic carbocycles. The van der Waals surface area contributed by atoms with Gasteiger partial charge in [-0.25, -0.2) is 8.42 Å². The first kappa shape index (κ1) is 16.5. The zero-order chi connectivity index (χ0) is 15.6. The maximum atomic E-state index is 12.2. The molecule has 6 nitrogen and oxygen atoms in total. The first-order valence-corrected chi connectivity index (χ1v) is 9.80. The van der Waals surface area contributed by atoms with Crippen molar-refractivity contribution in [2.45, 2.75) is 38.1 Å². The largest absolute Gasteiger partial charge is 0.382 e. The molecule has 0 radical (unpaired) electrons. The smallest absolute Gasteiger partial charge is 0.184 e. The molecule has 2 N–H and O–H groups in total. The van der Waals surface area contributed by atoms with Crippen molar-refractivity contribution in [3.63, 3.8) is 0 Å². The molecular formula is C13H24N4O2S2. The summed E-state index contributed by atoms with van der Waals surface area (Å²) < 4.78 is 28.5. The standard InChI is InChI=1S/C13H24N4O2S2/c1-4-10(3)16-6-8-17(9-7-16)13-11(12(14)15-20-13)21(18,19)5-2/h10H,4-9H2,1-3H3,(H2,14,15). The van der Waals surface area contributed by atoms with Crippen LogP contribution in [0.5, 0.6) is 0 Å².